The normalized spacial score (nSPS) is 11.7. The molecule has 0 bridgehead atoms. The maximum absolute atomic E-state index is 12.1. The summed E-state index contributed by atoms with van der Waals surface area (Å²) in [6.07, 6.45) is -4.97. The third-order valence-electron chi connectivity index (χ3n) is 2.92. The van der Waals surface area contributed by atoms with Gasteiger partial charge in [0.1, 0.15) is 12.3 Å². The van der Waals surface area contributed by atoms with Crippen LogP contribution in [0.25, 0.3) is 0 Å². The van der Waals surface area contributed by atoms with Gasteiger partial charge in [-0.3, -0.25) is 9.59 Å². The molecule has 27 heavy (non-hydrogen) atoms. The molecule has 2 N–H and O–H groups in total. The fourth-order valence-electron chi connectivity index (χ4n) is 1.72. The van der Waals surface area contributed by atoms with E-state index in [-0.39, 0.29) is 11.4 Å². The Balaban J connectivity index is 2.36. The zero-order valence-corrected chi connectivity index (χ0v) is 15.2. The molecule has 0 aliphatic heterocycles. The summed E-state index contributed by atoms with van der Waals surface area (Å²) in [6.45, 7) is -0.518. The van der Waals surface area contributed by atoms with Gasteiger partial charge in [0.15, 0.2) is 6.61 Å². The molecule has 1 aromatic carbocycles. The standard InChI is InChI=1S/C15H19F3N2O6S/c1-2-25-11-3-5-12(6-4-11)27(23,24)20-8-7-14(22)26-9-13(21)19-10-15(16,17)18/h3-6,20H,2,7-10H2,1H3,(H,19,21). The summed E-state index contributed by atoms with van der Waals surface area (Å²) in [5.41, 5.74) is 0. The van der Waals surface area contributed by atoms with Crippen LogP contribution in [0.1, 0.15) is 13.3 Å². The minimum Gasteiger partial charge on any atom is -0.494 e. The Morgan fingerprint density at radius 3 is 2.33 bits per heavy atom. The van der Waals surface area contributed by atoms with Crippen molar-refractivity contribution in [1.29, 1.82) is 0 Å². The van der Waals surface area contributed by atoms with Gasteiger partial charge in [0.2, 0.25) is 10.0 Å². The average molecular weight is 412 g/mol. The molecule has 0 heterocycles. The van der Waals surface area contributed by atoms with Gasteiger partial charge in [0, 0.05) is 6.54 Å². The molecule has 1 aromatic rings. The Kier molecular flexibility index (Phi) is 8.50. The van der Waals surface area contributed by atoms with E-state index in [0.29, 0.717) is 12.4 Å². The van der Waals surface area contributed by atoms with Gasteiger partial charge in [0.25, 0.3) is 5.91 Å². The first kappa shape index (κ1) is 22.7. The quantitative estimate of drug-likeness (QED) is 0.554. The molecule has 0 aromatic heterocycles. The molecule has 0 unspecified atom stereocenters. The van der Waals surface area contributed by atoms with E-state index in [1.165, 1.54) is 29.6 Å². The number of amides is 1. The van der Waals surface area contributed by atoms with E-state index >= 15 is 0 Å². The molecule has 12 heteroatoms. The minimum atomic E-state index is -4.57. The van der Waals surface area contributed by atoms with E-state index in [0.717, 1.165) is 0 Å². The molecular formula is C15H19F3N2O6S. The largest absolute Gasteiger partial charge is 0.494 e. The Labute approximate surface area is 154 Å². The summed E-state index contributed by atoms with van der Waals surface area (Å²) >= 11 is 0. The maximum atomic E-state index is 12.1. The van der Waals surface area contributed by atoms with Crippen molar-refractivity contribution >= 4 is 21.9 Å². The number of hydrogen-bond acceptors (Lipinski definition) is 6. The Morgan fingerprint density at radius 2 is 1.78 bits per heavy atom. The highest BCUT2D eigenvalue weighted by atomic mass is 32.2. The van der Waals surface area contributed by atoms with Gasteiger partial charge >= 0.3 is 12.1 Å². The topological polar surface area (TPSA) is 111 Å². The van der Waals surface area contributed by atoms with Crippen molar-refractivity contribution in [2.45, 2.75) is 24.4 Å². The Bertz CT molecular complexity index is 735. The second-order valence-electron chi connectivity index (χ2n) is 5.10. The second-order valence-corrected chi connectivity index (χ2v) is 6.87. The molecule has 0 saturated carbocycles. The number of benzene rings is 1. The summed E-state index contributed by atoms with van der Waals surface area (Å²) in [5.74, 6) is -1.55. The van der Waals surface area contributed by atoms with E-state index in [1.807, 2.05) is 0 Å². The molecular weight excluding hydrogens is 393 g/mol. The predicted octanol–water partition coefficient (Wildman–Crippen LogP) is 0.975. The molecule has 1 rings (SSSR count). The van der Waals surface area contributed by atoms with E-state index in [4.69, 9.17) is 4.74 Å². The van der Waals surface area contributed by atoms with Gasteiger partial charge < -0.3 is 14.8 Å². The molecule has 152 valence electrons. The fraction of sp³-hybridized carbons (Fsp3) is 0.467. The fourth-order valence-corrected chi connectivity index (χ4v) is 2.75. The molecule has 0 aliphatic rings. The summed E-state index contributed by atoms with van der Waals surface area (Å²) in [5, 5.41) is 1.53. The van der Waals surface area contributed by atoms with Crippen LogP contribution in [0.15, 0.2) is 29.2 Å². The zero-order valence-electron chi connectivity index (χ0n) is 14.3. The number of carbonyl (C=O) groups excluding carboxylic acids is 2. The number of halogens is 3. The van der Waals surface area contributed by atoms with Crippen molar-refractivity contribution in [3.05, 3.63) is 24.3 Å². The molecule has 8 nitrogen and oxygen atoms in total. The minimum absolute atomic E-state index is 0.0363. The highest BCUT2D eigenvalue weighted by Gasteiger charge is 2.27. The average Bonchev–Trinajstić information content (AvgIpc) is 2.58. The monoisotopic (exact) mass is 412 g/mol. The van der Waals surface area contributed by atoms with Gasteiger partial charge in [-0.2, -0.15) is 13.2 Å². The van der Waals surface area contributed by atoms with Crippen LogP contribution in [-0.4, -0.2) is 52.8 Å². The number of hydrogen-bond donors (Lipinski definition) is 2. The van der Waals surface area contributed by atoms with E-state index < -0.39 is 47.6 Å². The molecule has 0 fully saturated rings. The van der Waals surface area contributed by atoms with Gasteiger partial charge in [-0.05, 0) is 31.2 Å². The molecule has 1 amide bonds. The van der Waals surface area contributed by atoms with Crippen molar-refractivity contribution in [3.63, 3.8) is 0 Å². The lowest BCUT2D eigenvalue weighted by atomic mass is 10.3. The first-order valence-corrected chi connectivity index (χ1v) is 9.23. The van der Waals surface area contributed by atoms with Crippen LogP contribution in [0.4, 0.5) is 13.2 Å². The third kappa shape index (κ3) is 9.24. The van der Waals surface area contributed by atoms with Crippen molar-refractivity contribution in [3.8, 4) is 5.75 Å². The van der Waals surface area contributed by atoms with Crippen LogP contribution >= 0.6 is 0 Å². The Morgan fingerprint density at radius 1 is 1.15 bits per heavy atom. The highest BCUT2D eigenvalue weighted by Crippen LogP contribution is 2.15. The van der Waals surface area contributed by atoms with Crippen molar-refractivity contribution in [2.75, 3.05) is 26.3 Å². The van der Waals surface area contributed by atoms with Crippen LogP contribution in [0.2, 0.25) is 0 Å². The van der Waals surface area contributed by atoms with Gasteiger partial charge in [-0.1, -0.05) is 0 Å². The van der Waals surface area contributed by atoms with Gasteiger partial charge in [-0.25, -0.2) is 13.1 Å². The first-order chi connectivity index (χ1) is 12.5. The van der Waals surface area contributed by atoms with Crippen molar-refractivity contribution in [2.24, 2.45) is 0 Å². The van der Waals surface area contributed by atoms with E-state index in [1.54, 1.807) is 6.92 Å². The molecule has 0 radical (unpaired) electrons. The lowest BCUT2D eigenvalue weighted by Gasteiger charge is -2.09. The summed E-state index contributed by atoms with van der Waals surface area (Å²) < 4.78 is 71.6. The lowest BCUT2D eigenvalue weighted by molar-refractivity contribution is -0.151. The van der Waals surface area contributed by atoms with Crippen LogP contribution in [-0.2, 0) is 24.3 Å². The number of esters is 1. The van der Waals surface area contributed by atoms with Gasteiger partial charge in [0.05, 0.1) is 17.9 Å². The number of rotatable bonds is 10. The first-order valence-electron chi connectivity index (χ1n) is 7.75. The van der Waals surface area contributed by atoms with Crippen molar-refractivity contribution in [1.82, 2.24) is 10.0 Å². The molecule has 0 aliphatic carbocycles. The summed E-state index contributed by atoms with van der Waals surface area (Å²) in [7, 11) is -3.86. The smallest absolute Gasteiger partial charge is 0.405 e. The third-order valence-corrected chi connectivity index (χ3v) is 4.39. The maximum Gasteiger partial charge on any atom is 0.405 e. The van der Waals surface area contributed by atoms with Crippen LogP contribution in [0, 0.1) is 0 Å². The number of alkyl halides is 3. The zero-order chi connectivity index (χ0) is 20.5. The van der Waals surface area contributed by atoms with E-state index in [9.17, 15) is 31.2 Å². The Hall–Kier alpha value is -2.34. The van der Waals surface area contributed by atoms with Crippen molar-refractivity contribution < 1.29 is 40.7 Å². The SMILES string of the molecule is CCOc1ccc(S(=O)(=O)NCCC(=O)OCC(=O)NCC(F)(F)F)cc1. The molecule has 0 atom stereocenters. The van der Waals surface area contributed by atoms with Crippen LogP contribution in [0.3, 0.4) is 0 Å². The number of sulfonamides is 1. The predicted molar refractivity (Wildman–Crippen MR) is 87.4 cm³/mol. The molecule has 0 saturated heterocycles. The lowest BCUT2D eigenvalue weighted by Crippen LogP contribution is -2.36. The van der Waals surface area contributed by atoms with Gasteiger partial charge in [-0.15, -0.1) is 0 Å². The highest BCUT2D eigenvalue weighted by molar-refractivity contribution is 7.89. The molecule has 0 spiro atoms. The number of ether oxygens (including phenoxy) is 2. The van der Waals surface area contributed by atoms with Crippen LogP contribution in [0.5, 0.6) is 5.75 Å². The summed E-state index contributed by atoms with van der Waals surface area (Å²) in [6, 6.07) is 5.62. The van der Waals surface area contributed by atoms with Crippen LogP contribution < -0.4 is 14.8 Å². The summed E-state index contributed by atoms with van der Waals surface area (Å²) in [4.78, 5) is 22.5. The number of carbonyl (C=O) groups is 2. The number of nitrogens with one attached hydrogen (secondary N) is 2. The van der Waals surface area contributed by atoms with E-state index in [2.05, 4.69) is 9.46 Å². The second kappa shape index (κ2) is 10.1.